The van der Waals surface area contributed by atoms with Crippen molar-refractivity contribution in [2.75, 3.05) is 0 Å². The molecule has 1 aromatic heterocycles. The minimum Gasteiger partial charge on any atom is -0.481 e. The summed E-state index contributed by atoms with van der Waals surface area (Å²) in [7, 11) is 0. The van der Waals surface area contributed by atoms with Crippen molar-refractivity contribution >= 4 is 54.7 Å². The third-order valence-electron chi connectivity index (χ3n) is 6.67. The standard InChI is InChI=1S/C28H23Br2FN4O4/c29-20-8-11-24-22(14-20)28(36)34(27(33-24)19-4-2-1-3-5-19)32-15-18-12-23(30)26(25(13-18)35(37)38)39-16-17-6-9-21(31)10-7-17/h6-15,19H,1-5,16H2. The Morgan fingerprint density at radius 3 is 2.56 bits per heavy atom. The maximum Gasteiger partial charge on any atom is 0.312 e. The highest BCUT2D eigenvalue weighted by Crippen LogP contribution is 2.37. The quantitative estimate of drug-likeness (QED) is 0.117. The van der Waals surface area contributed by atoms with Crippen LogP contribution < -0.4 is 10.3 Å². The van der Waals surface area contributed by atoms with Crippen LogP contribution >= 0.6 is 31.9 Å². The predicted octanol–water partition coefficient (Wildman–Crippen LogP) is 7.48. The summed E-state index contributed by atoms with van der Waals surface area (Å²) >= 11 is 6.79. The zero-order valence-electron chi connectivity index (χ0n) is 20.6. The molecular weight excluding hydrogens is 635 g/mol. The summed E-state index contributed by atoms with van der Waals surface area (Å²) in [5.41, 5.74) is 1.10. The molecule has 11 heteroatoms. The molecule has 39 heavy (non-hydrogen) atoms. The van der Waals surface area contributed by atoms with E-state index in [-0.39, 0.29) is 35.3 Å². The van der Waals surface area contributed by atoms with Crippen molar-refractivity contribution in [1.82, 2.24) is 9.66 Å². The molecule has 200 valence electrons. The lowest BCUT2D eigenvalue weighted by molar-refractivity contribution is -0.386. The Hall–Kier alpha value is -3.44. The van der Waals surface area contributed by atoms with Gasteiger partial charge in [-0.25, -0.2) is 9.37 Å². The highest BCUT2D eigenvalue weighted by Gasteiger charge is 2.23. The summed E-state index contributed by atoms with van der Waals surface area (Å²) < 4.78 is 21.3. The number of rotatable bonds is 7. The second-order valence-corrected chi connectivity index (χ2v) is 11.1. The highest BCUT2D eigenvalue weighted by atomic mass is 79.9. The molecule has 1 saturated carbocycles. The molecule has 0 unspecified atom stereocenters. The molecule has 0 aliphatic heterocycles. The number of nitrogens with zero attached hydrogens (tertiary/aromatic N) is 4. The van der Waals surface area contributed by atoms with E-state index in [0.717, 1.165) is 36.6 Å². The van der Waals surface area contributed by atoms with Crippen molar-refractivity contribution in [3.63, 3.8) is 0 Å². The number of nitro benzene ring substituents is 1. The van der Waals surface area contributed by atoms with Gasteiger partial charge in [0, 0.05) is 22.0 Å². The van der Waals surface area contributed by atoms with Gasteiger partial charge in [0.15, 0.2) is 0 Å². The van der Waals surface area contributed by atoms with Crippen molar-refractivity contribution in [1.29, 1.82) is 0 Å². The van der Waals surface area contributed by atoms with Crippen molar-refractivity contribution in [2.24, 2.45) is 5.10 Å². The van der Waals surface area contributed by atoms with Crippen LogP contribution in [0.4, 0.5) is 10.1 Å². The van der Waals surface area contributed by atoms with Gasteiger partial charge in [-0.1, -0.05) is 47.3 Å². The van der Waals surface area contributed by atoms with E-state index in [9.17, 15) is 19.3 Å². The first-order valence-electron chi connectivity index (χ1n) is 12.4. The van der Waals surface area contributed by atoms with Crippen LogP contribution in [0.15, 0.2) is 73.4 Å². The van der Waals surface area contributed by atoms with E-state index >= 15 is 0 Å². The smallest absolute Gasteiger partial charge is 0.312 e. The first-order chi connectivity index (χ1) is 18.8. The van der Waals surface area contributed by atoms with Gasteiger partial charge in [0.1, 0.15) is 18.2 Å². The molecular formula is C28H23Br2FN4O4. The van der Waals surface area contributed by atoms with Crippen LogP contribution in [0, 0.1) is 15.9 Å². The summed E-state index contributed by atoms with van der Waals surface area (Å²) in [5.74, 6) is 0.354. The number of ether oxygens (including phenoxy) is 1. The Bertz CT molecular complexity index is 1630. The van der Waals surface area contributed by atoms with Gasteiger partial charge in [-0.15, -0.1) is 0 Å². The van der Waals surface area contributed by atoms with E-state index in [1.165, 1.54) is 29.1 Å². The summed E-state index contributed by atoms with van der Waals surface area (Å²) in [4.78, 5) is 29.7. The molecule has 0 bridgehead atoms. The van der Waals surface area contributed by atoms with Gasteiger partial charge in [0.25, 0.3) is 5.56 Å². The second-order valence-electron chi connectivity index (χ2n) is 9.35. The molecule has 0 N–H and O–H groups in total. The largest absolute Gasteiger partial charge is 0.481 e. The molecule has 0 atom stereocenters. The van der Waals surface area contributed by atoms with Crippen molar-refractivity contribution in [3.8, 4) is 5.75 Å². The number of halogens is 3. The maximum atomic E-state index is 13.5. The van der Waals surface area contributed by atoms with E-state index < -0.39 is 4.92 Å². The Balaban J connectivity index is 1.52. The van der Waals surface area contributed by atoms with Crippen LogP contribution in [0.2, 0.25) is 0 Å². The van der Waals surface area contributed by atoms with Gasteiger partial charge in [0.2, 0.25) is 5.75 Å². The number of nitro groups is 1. The summed E-state index contributed by atoms with van der Waals surface area (Å²) in [5, 5.41) is 16.8. The fraction of sp³-hybridized carbons (Fsp3) is 0.250. The fourth-order valence-corrected chi connectivity index (χ4v) is 5.66. The zero-order valence-corrected chi connectivity index (χ0v) is 23.8. The third kappa shape index (κ3) is 6.09. The molecule has 5 rings (SSSR count). The summed E-state index contributed by atoms with van der Waals surface area (Å²) in [6, 6.07) is 14.0. The zero-order chi connectivity index (χ0) is 27.5. The molecule has 1 heterocycles. The highest BCUT2D eigenvalue weighted by molar-refractivity contribution is 9.10. The van der Waals surface area contributed by atoms with Gasteiger partial charge in [-0.3, -0.25) is 14.9 Å². The number of hydrogen-bond acceptors (Lipinski definition) is 6. The number of benzene rings is 3. The number of hydrogen-bond donors (Lipinski definition) is 0. The fourth-order valence-electron chi connectivity index (χ4n) is 4.72. The average molecular weight is 658 g/mol. The Kier molecular flexibility index (Phi) is 8.18. The predicted molar refractivity (Wildman–Crippen MR) is 154 cm³/mol. The van der Waals surface area contributed by atoms with E-state index in [2.05, 4.69) is 37.0 Å². The summed E-state index contributed by atoms with van der Waals surface area (Å²) in [6.45, 7) is 0.0195. The van der Waals surface area contributed by atoms with Crippen LogP contribution in [-0.4, -0.2) is 20.8 Å². The van der Waals surface area contributed by atoms with E-state index in [1.807, 2.05) is 12.1 Å². The SMILES string of the molecule is O=c1c2cc(Br)ccc2nc(C2CCCCC2)n1N=Cc1cc(Br)c(OCc2ccc(F)cc2)c([N+](=O)[O-])c1. The van der Waals surface area contributed by atoms with Gasteiger partial charge < -0.3 is 4.74 Å². The Morgan fingerprint density at radius 2 is 1.85 bits per heavy atom. The first-order valence-corrected chi connectivity index (χ1v) is 14.0. The molecule has 1 aliphatic carbocycles. The minimum absolute atomic E-state index is 0.0195. The molecule has 0 spiro atoms. The van der Waals surface area contributed by atoms with Gasteiger partial charge in [-0.05, 0) is 70.7 Å². The van der Waals surface area contributed by atoms with Gasteiger partial charge >= 0.3 is 5.69 Å². The molecule has 1 aliphatic rings. The van der Waals surface area contributed by atoms with E-state index in [0.29, 0.717) is 32.3 Å². The summed E-state index contributed by atoms with van der Waals surface area (Å²) in [6.07, 6.45) is 6.52. The van der Waals surface area contributed by atoms with Crippen LogP contribution in [-0.2, 0) is 6.61 Å². The average Bonchev–Trinajstić information content (AvgIpc) is 2.93. The lowest BCUT2D eigenvalue weighted by Gasteiger charge is -2.22. The Labute approximate surface area is 239 Å². The van der Waals surface area contributed by atoms with Crippen LogP contribution in [0.25, 0.3) is 10.9 Å². The van der Waals surface area contributed by atoms with Gasteiger partial charge in [0.05, 0.1) is 26.5 Å². The molecule has 0 saturated heterocycles. The van der Waals surface area contributed by atoms with Gasteiger partial charge in [-0.2, -0.15) is 9.78 Å². The molecule has 4 aromatic rings. The lowest BCUT2D eigenvalue weighted by Crippen LogP contribution is -2.25. The Morgan fingerprint density at radius 1 is 1.10 bits per heavy atom. The number of fused-ring (bicyclic) bond motifs is 1. The molecule has 1 fully saturated rings. The third-order valence-corrected chi connectivity index (χ3v) is 7.75. The van der Waals surface area contributed by atoms with Crippen LogP contribution in [0.1, 0.15) is 55.0 Å². The molecule has 8 nitrogen and oxygen atoms in total. The minimum atomic E-state index is -0.545. The maximum absolute atomic E-state index is 13.5. The van der Waals surface area contributed by atoms with Crippen LogP contribution in [0.5, 0.6) is 5.75 Å². The molecule has 0 radical (unpaired) electrons. The van der Waals surface area contributed by atoms with E-state index in [4.69, 9.17) is 9.72 Å². The topological polar surface area (TPSA) is 99.6 Å². The van der Waals surface area contributed by atoms with Crippen molar-refractivity contribution in [2.45, 2.75) is 44.6 Å². The number of aromatic nitrogens is 2. The lowest BCUT2D eigenvalue weighted by atomic mass is 9.88. The molecule has 3 aromatic carbocycles. The normalized spacial score (nSPS) is 14.2. The molecule has 0 amide bonds. The first kappa shape index (κ1) is 27.1. The van der Waals surface area contributed by atoms with Crippen molar-refractivity contribution in [3.05, 3.63) is 107 Å². The van der Waals surface area contributed by atoms with Crippen LogP contribution in [0.3, 0.4) is 0 Å². The monoisotopic (exact) mass is 656 g/mol. The van der Waals surface area contributed by atoms with E-state index in [1.54, 1.807) is 24.3 Å². The second kappa shape index (κ2) is 11.7. The van der Waals surface area contributed by atoms with Crippen molar-refractivity contribution < 1.29 is 14.1 Å².